The fraction of sp³-hybridized carbons (Fsp3) is 0.524. The summed E-state index contributed by atoms with van der Waals surface area (Å²) in [4.78, 5) is 19.0. The molecule has 0 bridgehead atoms. The zero-order valence-electron chi connectivity index (χ0n) is 16.5. The van der Waals surface area contributed by atoms with E-state index in [-0.39, 0.29) is 5.91 Å². The first kappa shape index (κ1) is 20.4. The molecule has 0 atom stereocenters. The standard InChI is InChI=1S/C21H30N2O2S/c1-6-10-23(21(24)11-15(2)3)12-18-14-26-20(22-18)13-25-19-9-7-8-16(4)17(19)5/h7-9,14-15H,6,10-13H2,1-5H3. The summed E-state index contributed by atoms with van der Waals surface area (Å²) < 4.78 is 5.94. The smallest absolute Gasteiger partial charge is 0.223 e. The van der Waals surface area contributed by atoms with E-state index in [4.69, 9.17) is 4.74 Å². The van der Waals surface area contributed by atoms with Crippen LogP contribution in [-0.2, 0) is 17.9 Å². The highest BCUT2D eigenvalue weighted by atomic mass is 32.1. The van der Waals surface area contributed by atoms with Gasteiger partial charge in [0.1, 0.15) is 17.4 Å². The Morgan fingerprint density at radius 2 is 2.08 bits per heavy atom. The maximum atomic E-state index is 12.4. The first-order chi connectivity index (χ1) is 12.4. The zero-order valence-corrected chi connectivity index (χ0v) is 17.4. The lowest BCUT2D eigenvalue weighted by Gasteiger charge is -2.22. The van der Waals surface area contributed by atoms with Crippen molar-refractivity contribution in [2.24, 2.45) is 5.92 Å². The van der Waals surface area contributed by atoms with Crippen molar-refractivity contribution in [3.8, 4) is 5.75 Å². The molecule has 142 valence electrons. The number of thiazole rings is 1. The van der Waals surface area contributed by atoms with Crippen LogP contribution in [0.4, 0.5) is 0 Å². The zero-order chi connectivity index (χ0) is 19.1. The number of aromatic nitrogens is 1. The molecule has 0 spiro atoms. The van der Waals surface area contributed by atoms with Crippen LogP contribution >= 0.6 is 11.3 Å². The Morgan fingerprint density at radius 1 is 1.31 bits per heavy atom. The van der Waals surface area contributed by atoms with Gasteiger partial charge in [-0.25, -0.2) is 4.98 Å². The number of hydrogen-bond donors (Lipinski definition) is 0. The SMILES string of the molecule is CCCN(Cc1csc(COc2cccc(C)c2C)n1)C(=O)CC(C)C. The summed E-state index contributed by atoms with van der Waals surface area (Å²) in [6.07, 6.45) is 1.54. The number of nitrogens with zero attached hydrogens (tertiary/aromatic N) is 2. The van der Waals surface area contributed by atoms with E-state index in [9.17, 15) is 4.79 Å². The van der Waals surface area contributed by atoms with Crippen LogP contribution in [0.25, 0.3) is 0 Å². The van der Waals surface area contributed by atoms with E-state index in [1.807, 2.05) is 22.4 Å². The van der Waals surface area contributed by atoms with Gasteiger partial charge in [0.15, 0.2) is 0 Å². The van der Waals surface area contributed by atoms with Crippen LogP contribution in [0.2, 0.25) is 0 Å². The molecule has 0 N–H and O–H groups in total. The lowest BCUT2D eigenvalue weighted by molar-refractivity contribution is -0.132. The third-order valence-electron chi connectivity index (χ3n) is 4.29. The van der Waals surface area contributed by atoms with Gasteiger partial charge in [0.25, 0.3) is 0 Å². The highest BCUT2D eigenvalue weighted by molar-refractivity contribution is 7.09. The minimum atomic E-state index is 0.211. The van der Waals surface area contributed by atoms with E-state index in [2.05, 4.69) is 45.7 Å². The van der Waals surface area contributed by atoms with E-state index >= 15 is 0 Å². The predicted octanol–water partition coefficient (Wildman–Crippen LogP) is 5.12. The summed E-state index contributed by atoms with van der Waals surface area (Å²) in [7, 11) is 0. The first-order valence-electron chi connectivity index (χ1n) is 9.30. The molecule has 0 radical (unpaired) electrons. The lowest BCUT2D eigenvalue weighted by Crippen LogP contribution is -2.32. The number of amides is 1. The summed E-state index contributed by atoms with van der Waals surface area (Å²) in [6, 6.07) is 6.08. The quantitative estimate of drug-likeness (QED) is 0.611. The van der Waals surface area contributed by atoms with E-state index in [1.54, 1.807) is 11.3 Å². The molecule has 0 saturated heterocycles. The molecule has 1 heterocycles. The molecule has 26 heavy (non-hydrogen) atoms. The van der Waals surface area contributed by atoms with Crippen molar-refractivity contribution in [3.05, 3.63) is 45.4 Å². The Bertz CT molecular complexity index is 725. The third-order valence-corrected chi connectivity index (χ3v) is 5.16. The van der Waals surface area contributed by atoms with Crippen LogP contribution in [0.1, 0.15) is 55.4 Å². The van der Waals surface area contributed by atoms with Gasteiger partial charge >= 0.3 is 0 Å². The van der Waals surface area contributed by atoms with Gasteiger partial charge in [-0.05, 0) is 43.4 Å². The van der Waals surface area contributed by atoms with Gasteiger partial charge in [-0.2, -0.15) is 0 Å². The summed E-state index contributed by atoms with van der Waals surface area (Å²) >= 11 is 1.59. The Labute approximate surface area is 161 Å². The maximum absolute atomic E-state index is 12.4. The van der Waals surface area contributed by atoms with Crippen molar-refractivity contribution in [2.45, 2.75) is 60.6 Å². The Hall–Kier alpha value is -1.88. The molecule has 1 aromatic heterocycles. The molecule has 5 heteroatoms. The number of carbonyl (C=O) groups is 1. The number of hydrogen-bond acceptors (Lipinski definition) is 4. The molecule has 2 aromatic rings. The average Bonchev–Trinajstić information content (AvgIpc) is 3.03. The van der Waals surface area contributed by atoms with Crippen molar-refractivity contribution in [3.63, 3.8) is 0 Å². The van der Waals surface area contributed by atoms with E-state index in [0.29, 0.717) is 25.5 Å². The van der Waals surface area contributed by atoms with Gasteiger partial charge in [-0.3, -0.25) is 4.79 Å². The minimum Gasteiger partial charge on any atom is -0.486 e. The van der Waals surface area contributed by atoms with Crippen molar-refractivity contribution in [2.75, 3.05) is 6.54 Å². The Morgan fingerprint density at radius 3 is 2.77 bits per heavy atom. The molecule has 0 aliphatic carbocycles. The molecule has 0 aliphatic heterocycles. The average molecular weight is 375 g/mol. The van der Waals surface area contributed by atoms with Crippen LogP contribution in [0, 0.1) is 19.8 Å². The monoisotopic (exact) mass is 374 g/mol. The number of aryl methyl sites for hydroxylation is 1. The maximum Gasteiger partial charge on any atom is 0.223 e. The topological polar surface area (TPSA) is 42.4 Å². The number of ether oxygens (including phenoxy) is 1. The minimum absolute atomic E-state index is 0.211. The van der Waals surface area contributed by atoms with Gasteiger partial charge in [-0.1, -0.05) is 32.9 Å². The second kappa shape index (κ2) is 9.72. The molecular weight excluding hydrogens is 344 g/mol. The van der Waals surface area contributed by atoms with Crippen molar-refractivity contribution in [1.82, 2.24) is 9.88 Å². The van der Waals surface area contributed by atoms with Gasteiger partial charge < -0.3 is 9.64 Å². The second-order valence-electron chi connectivity index (χ2n) is 7.13. The van der Waals surface area contributed by atoms with Crippen LogP contribution < -0.4 is 4.74 Å². The third kappa shape index (κ3) is 5.84. The summed E-state index contributed by atoms with van der Waals surface area (Å²) in [6.45, 7) is 12.2. The largest absolute Gasteiger partial charge is 0.486 e. The molecular formula is C21H30N2O2S. The van der Waals surface area contributed by atoms with Crippen molar-refractivity contribution in [1.29, 1.82) is 0 Å². The highest BCUT2D eigenvalue weighted by Gasteiger charge is 2.16. The van der Waals surface area contributed by atoms with Crippen molar-refractivity contribution < 1.29 is 9.53 Å². The molecule has 0 saturated carbocycles. The fourth-order valence-corrected chi connectivity index (χ4v) is 3.44. The van der Waals surface area contributed by atoms with E-state index < -0.39 is 0 Å². The molecule has 1 amide bonds. The summed E-state index contributed by atoms with van der Waals surface area (Å²) in [5, 5.41) is 2.97. The predicted molar refractivity (Wildman–Crippen MR) is 108 cm³/mol. The van der Waals surface area contributed by atoms with Crippen LogP contribution in [-0.4, -0.2) is 22.3 Å². The Balaban J connectivity index is 1.97. The lowest BCUT2D eigenvalue weighted by atomic mass is 10.1. The summed E-state index contributed by atoms with van der Waals surface area (Å²) in [5.74, 6) is 1.49. The molecule has 0 aliphatic rings. The molecule has 0 fully saturated rings. The van der Waals surface area contributed by atoms with E-state index in [1.165, 1.54) is 5.56 Å². The molecule has 2 rings (SSSR count). The first-order valence-corrected chi connectivity index (χ1v) is 10.2. The van der Waals surface area contributed by atoms with Gasteiger partial charge in [0.05, 0.1) is 12.2 Å². The van der Waals surface area contributed by atoms with Crippen LogP contribution in [0.15, 0.2) is 23.6 Å². The number of carbonyl (C=O) groups excluding carboxylic acids is 1. The number of benzene rings is 1. The fourth-order valence-electron chi connectivity index (χ4n) is 2.74. The van der Waals surface area contributed by atoms with Gasteiger partial charge in [-0.15, -0.1) is 11.3 Å². The van der Waals surface area contributed by atoms with E-state index in [0.717, 1.165) is 35.0 Å². The van der Waals surface area contributed by atoms with Gasteiger partial charge in [0, 0.05) is 18.3 Å². The number of rotatable bonds is 9. The van der Waals surface area contributed by atoms with Crippen molar-refractivity contribution >= 4 is 17.2 Å². The second-order valence-corrected chi connectivity index (χ2v) is 8.08. The van der Waals surface area contributed by atoms with Crippen LogP contribution in [0.3, 0.4) is 0 Å². The van der Waals surface area contributed by atoms with Crippen LogP contribution in [0.5, 0.6) is 5.75 Å². The molecule has 4 nitrogen and oxygen atoms in total. The molecule has 0 unspecified atom stereocenters. The summed E-state index contributed by atoms with van der Waals surface area (Å²) in [5.41, 5.74) is 3.33. The highest BCUT2D eigenvalue weighted by Crippen LogP contribution is 2.22. The normalized spacial score (nSPS) is 11.0. The Kier molecular flexibility index (Phi) is 7.64. The van der Waals surface area contributed by atoms with Gasteiger partial charge in [0.2, 0.25) is 5.91 Å². The molecule has 1 aromatic carbocycles.